The van der Waals surface area contributed by atoms with Crippen molar-refractivity contribution >= 4 is 5.78 Å². The zero-order valence-corrected chi connectivity index (χ0v) is 11.7. The SMILES string of the molecule is CCC(=O)C1(c2cc(C)ccc2C)CCNCC1. The minimum absolute atomic E-state index is 0.240. The van der Waals surface area contributed by atoms with Crippen molar-refractivity contribution in [3.63, 3.8) is 0 Å². The summed E-state index contributed by atoms with van der Waals surface area (Å²) in [7, 11) is 0. The number of benzene rings is 1. The standard InChI is InChI=1S/C16H23NO/c1-4-15(18)16(7-9-17-10-8-16)14-11-12(2)5-6-13(14)3/h5-6,11,17H,4,7-10H2,1-3H3. The monoisotopic (exact) mass is 245 g/mol. The van der Waals surface area contributed by atoms with E-state index in [0.29, 0.717) is 12.2 Å². The van der Waals surface area contributed by atoms with E-state index in [1.807, 2.05) is 6.92 Å². The fraction of sp³-hybridized carbons (Fsp3) is 0.562. The lowest BCUT2D eigenvalue weighted by atomic mass is 9.68. The van der Waals surface area contributed by atoms with Crippen molar-refractivity contribution in [3.8, 4) is 0 Å². The molecule has 1 saturated heterocycles. The van der Waals surface area contributed by atoms with Gasteiger partial charge in [-0.3, -0.25) is 4.79 Å². The number of nitrogens with one attached hydrogen (secondary N) is 1. The summed E-state index contributed by atoms with van der Waals surface area (Å²) in [5.41, 5.74) is 3.52. The highest BCUT2D eigenvalue weighted by molar-refractivity contribution is 5.90. The van der Waals surface area contributed by atoms with Gasteiger partial charge in [0.15, 0.2) is 0 Å². The summed E-state index contributed by atoms with van der Waals surface area (Å²) in [4.78, 5) is 12.5. The highest BCUT2D eigenvalue weighted by Gasteiger charge is 2.40. The normalized spacial score (nSPS) is 18.6. The van der Waals surface area contributed by atoms with Gasteiger partial charge in [0.2, 0.25) is 0 Å². The van der Waals surface area contributed by atoms with Crippen LogP contribution in [0.25, 0.3) is 0 Å². The summed E-state index contributed by atoms with van der Waals surface area (Å²) < 4.78 is 0. The van der Waals surface area contributed by atoms with Crippen molar-refractivity contribution in [3.05, 3.63) is 34.9 Å². The van der Waals surface area contributed by atoms with Crippen molar-refractivity contribution in [2.75, 3.05) is 13.1 Å². The molecule has 1 aliphatic heterocycles. The number of hydrogen-bond acceptors (Lipinski definition) is 2. The maximum absolute atomic E-state index is 12.5. The minimum Gasteiger partial charge on any atom is -0.317 e. The third-order valence-electron chi connectivity index (χ3n) is 4.22. The van der Waals surface area contributed by atoms with E-state index in [1.54, 1.807) is 0 Å². The second-order valence-corrected chi connectivity index (χ2v) is 5.43. The molecule has 2 rings (SSSR count). The molecule has 0 radical (unpaired) electrons. The van der Waals surface area contributed by atoms with Gasteiger partial charge in [-0.25, -0.2) is 0 Å². The molecule has 0 unspecified atom stereocenters. The Morgan fingerprint density at radius 1 is 1.28 bits per heavy atom. The van der Waals surface area contributed by atoms with Crippen LogP contribution in [0.2, 0.25) is 0 Å². The van der Waals surface area contributed by atoms with E-state index in [1.165, 1.54) is 16.7 Å². The molecule has 0 saturated carbocycles. The minimum atomic E-state index is -0.240. The van der Waals surface area contributed by atoms with E-state index in [9.17, 15) is 4.79 Å². The molecule has 1 aromatic carbocycles. The number of Topliss-reactive ketones (excluding diaryl/α,β-unsaturated/α-hetero) is 1. The summed E-state index contributed by atoms with van der Waals surface area (Å²) in [5, 5.41) is 3.37. The lowest BCUT2D eigenvalue weighted by molar-refractivity contribution is -0.125. The summed E-state index contributed by atoms with van der Waals surface area (Å²) >= 11 is 0. The van der Waals surface area contributed by atoms with Crippen LogP contribution in [0.15, 0.2) is 18.2 Å². The topological polar surface area (TPSA) is 29.1 Å². The lowest BCUT2D eigenvalue weighted by Crippen LogP contribution is -2.45. The Balaban J connectivity index is 2.51. The molecule has 2 heteroatoms. The van der Waals surface area contributed by atoms with Gasteiger partial charge < -0.3 is 5.32 Å². The second kappa shape index (κ2) is 5.23. The highest BCUT2D eigenvalue weighted by Crippen LogP contribution is 2.37. The van der Waals surface area contributed by atoms with Gasteiger partial charge in [-0.1, -0.05) is 30.7 Å². The lowest BCUT2D eigenvalue weighted by Gasteiger charge is -2.38. The van der Waals surface area contributed by atoms with Gasteiger partial charge in [0.25, 0.3) is 0 Å². The Kier molecular flexibility index (Phi) is 3.86. The van der Waals surface area contributed by atoms with Crippen LogP contribution in [-0.4, -0.2) is 18.9 Å². The molecule has 0 aliphatic carbocycles. The Morgan fingerprint density at radius 3 is 2.56 bits per heavy atom. The first kappa shape index (κ1) is 13.3. The number of piperidine rings is 1. The van der Waals surface area contributed by atoms with Gasteiger partial charge in [-0.05, 0) is 50.9 Å². The van der Waals surface area contributed by atoms with Crippen LogP contribution in [-0.2, 0) is 10.2 Å². The molecule has 1 aliphatic rings. The quantitative estimate of drug-likeness (QED) is 0.887. The first-order chi connectivity index (χ1) is 8.60. The van der Waals surface area contributed by atoms with E-state index in [-0.39, 0.29) is 5.41 Å². The average molecular weight is 245 g/mol. The zero-order valence-electron chi connectivity index (χ0n) is 11.7. The van der Waals surface area contributed by atoms with Crippen LogP contribution in [0.5, 0.6) is 0 Å². The van der Waals surface area contributed by atoms with Crippen molar-refractivity contribution in [1.82, 2.24) is 5.32 Å². The van der Waals surface area contributed by atoms with Crippen LogP contribution in [0.4, 0.5) is 0 Å². The Bertz CT molecular complexity index is 444. The molecule has 1 aromatic rings. The predicted octanol–water partition coefficient (Wildman–Crippen LogP) is 2.90. The van der Waals surface area contributed by atoms with E-state index < -0.39 is 0 Å². The molecule has 98 valence electrons. The van der Waals surface area contributed by atoms with Crippen molar-refractivity contribution in [2.24, 2.45) is 0 Å². The van der Waals surface area contributed by atoms with Crippen molar-refractivity contribution < 1.29 is 4.79 Å². The van der Waals surface area contributed by atoms with Gasteiger partial charge in [-0.15, -0.1) is 0 Å². The van der Waals surface area contributed by atoms with Crippen LogP contribution in [0.1, 0.15) is 42.9 Å². The number of hydrogen-bond donors (Lipinski definition) is 1. The third-order valence-corrected chi connectivity index (χ3v) is 4.22. The van der Waals surface area contributed by atoms with Crippen LogP contribution in [0.3, 0.4) is 0 Å². The molecule has 0 amide bonds. The number of carbonyl (C=O) groups is 1. The Labute approximate surface area is 110 Å². The predicted molar refractivity (Wildman–Crippen MR) is 75.0 cm³/mol. The molecule has 0 aromatic heterocycles. The summed E-state index contributed by atoms with van der Waals surface area (Å²) in [6, 6.07) is 6.50. The Hall–Kier alpha value is -1.15. The smallest absolute Gasteiger partial charge is 0.143 e. The molecule has 1 heterocycles. The van der Waals surface area contributed by atoms with Gasteiger partial charge >= 0.3 is 0 Å². The van der Waals surface area contributed by atoms with Crippen LogP contribution < -0.4 is 5.32 Å². The molecule has 0 bridgehead atoms. The molecule has 1 N–H and O–H groups in total. The van der Waals surface area contributed by atoms with E-state index in [2.05, 4.69) is 37.4 Å². The molecular weight excluding hydrogens is 222 g/mol. The average Bonchev–Trinajstić information content (AvgIpc) is 2.41. The molecule has 0 spiro atoms. The largest absolute Gasteiger partial charge is 0.317 e. The fourth-order valence-electron chi connectivity index (χ4n) is 3.14. The maximum atomic E-state index is 12.5. The van der Waals surface area contributed by atoms with Crippen LogP contribution >= 0.6 is 0 Å². The van der Waals surface area contributed by atoms with Crippen molar-refractivity contribution in [2.45, 2.75) is 45.4 Å². The Morgan fingerprint density at radius 2 is 1.94 bits per heavy atom. The van der Waals surface area contributed by atoms with Gasteiger partial charge in [0.1, 0.15) is 5.78 Å². The molecule has 2 nitrogen and oxygen atoms in total. The van der Waals surface area contributed by atoms with Crippen molar-refractivity contribution in [1.29, 1.82) is 0 Å². The second-order valence-electron chi connectivity index (χ2n) is 5.43. The van der Waals surface area contributed by atoms with E-state index in [4.69, 9.17) is 0 Å². The number of rotatable bonds is 3. The van der Waals surface area contributed by atoms with Gasteiger partial charge in [0.05, 0.1) is 5.41 Å². The first-order valence-corrected chi connectivity index (χ1v) is 6.92. The fourth-order valence-corrected chi connectivity index (χ4v) is 3.14. The van der Waals surface area contributed by atoms with Crippen LogP contribution in [0, 0.1) is 13.8 Å². The maximum Gasteiger partial charge on any atom is 0.143 e. The summed E-state index contributed by atoms with van der Waals surface area (Å²) in [6.45, 7) is 8.10. The van der Waals surface area contributed by atoms with Gasteiger partial charge in [0, 0.05) is 6.42 Å². The number of carbonyl (C=O) groups excluding carboxylic acids is 1. The first-order valence-electron chi connectivity index (χ1n) is 6.92. The van der Waals surface area contributed by atoms with E-state index >= 15 is 0 Å². The molecular formula is C16H23NO. The molecule has 18 heavy (non-hydrogen) atoms. The van der Waals surface area contributed by atoms with E-state index in [0.717, 1.165) is 25.9 Å². The molecule has 0 atom stereocenters. The highest BCUT2D eigenvalue weighted by atomic mass is 16.1. The summed E-state index contributed by atoms with van der Waals surface area (Å²) in [6.07, 6.45) is 2.50. The molecule has 1 fully saturated rings. The number of ketones is 1. The number of aryl methyl sites for hydroxylation is 2. The summed E-state index contributed by atoms with van der Waals surface area (Å²) in [5.74, 6) is 0.401. The van der Waals surface area contributed by atoms with Gasteiger partial charge in [-0.2, -0.15) is 0 Å². The zero-order chi connectivity index (χ0) is 13.2. The third kappa shape index (κ3) is 2.22.